The van der Waals surface area contributed by atoms with Crippen molar-refractivity contribution in [1.29, 1.82) is 0 Å². The van der Waals surface area contributed by atoms with Crippen LogP contribution in [0.4, 0.5) is 0 Å². The molecule has 3 nitrogen and oxygen atoms in total. The van der Waals surface area contributed by atoms with Gasteiger partial charge in [-0.25, -0.2) is 0 Å². The molecule has 0 aromatic heterocycles. The van der Waals surface area contributed by atoms with E-state index in [-0.39, 0.29) is 11.2 Å². The van der Waals surface area contributed by atoms with E-state index in [9.17, 15) is 4.79 Å². The molecule has 0 aliphatic rings. The van der Waals surface area contributed by atoms with E-state index in [4.69, 9.17) is 0 Å². The summed E-state index contributed by atoms with van der Waals surface area (Å²) in [7, 11) is 0. The Morgan fingerprint density at radius 2 is 1.89 bits per heavy atom. The van der Waals surface area contributed by atoms with Gasteiger partial charge in [0.05, 0.1) is 5.25 Å². The fourth-order valence-electron chi connectivity index (χ4n) is 1.68. The quantitative estimate of drug-likeness (QED) is 0.540. The van der Waals surface area contributed by atoms with Gasteiger partial charge in [0.2, 0.25) is 5.91 Å². The lowest BCUT2D eigenvalue weighted by Gasteiger charge is -2.14. The van der Waals surface area contributed by atoms with Crippen molar-refractivity contribution in [1.82, 2.24) is 10.6 Å². The van der Waals surface area contributed by atoms with Crippen molar-refractivity contribution in [3.63, 3.8) is 0 Å². The molecule has 4 heteroatoms. The molecule has 0 saturated carbocycles. The molecular formula is C15H24N2OS. The molecule has 1 aromatic rings. The monoisotopic (exact) mass is 280 g/mol. The summed E-state index contributed by atoms with van der Waals surface area (Å²) < 4.78 is 0. The van der Waals surface area contributed by atoms with Crippen LogP contribution in [0.1, 0.15) is 26.7 Å². The van der Waals surface area contributed by atoms with Gasteiger partial charge in [-0.3, -0.25) is 4.79 Å². The maximum Gasteiger partial charge on any atom is 0.233 e. The van der Waals surface area contributed by atoms with Gasteiger partial charge in [-0.2, -0.15) is 0 Å². The summed E-state index contributed by atoms with van der Waals surface area (Å²) in [6.07, 6.45) is 1.96. The fraction of sp³-hybridized carbons (Fsp3) is 0.533. The second-order valence-corrected chi connectivity index (χ2v) is 5.64. The zero-order chi connectivity index (χ0) is 13.9. The number of hydrogen-bond acceptors (Lipinski definition) is 3. The summed E-state index contributed by atoms with van der Waals surface area (Å²) in [4.78, 5) is 13.2. The van der Waals surface area contributed by atoms with Crippen LogP contribution in [0, 0.1) is 0 Å². The van der Waals surface area contributed by atoms with Crippen LogP contribution in [0.3, 0.4) is 0 Å². The van der Waals surface area contributed by atoms with Crippen LogP contribution in [-0.4, -0.2) is 30.8 Å². The first-order valence-electron chi connectivity index (χ1n) is 6.98. The molecule has 0 bridgehead atoms. The Balaban J connectivity index is 2.31. The molecule has 1 unspecified atom stereocenters. The Morgan fingerprint density at radius 3 is 2.53 bits per heavy atom. The first kappa shape index (κ1) is 16.1. The van der Waals surface area contributed by atoms with Gasteiger partial charge in [-0.05, 0) is 31.5 Å². The number of nitrogens with one attached hydrogen (secondary N) is 2. The van der Waals surface area contributed by atoms with Crippen LogP contribution in [-0.2, 0) is 4.79 Å². The molecule has 0 heterocycles. The Hall–Kier alpha value is -1.00. The largest absolute Gasteiger partial charge is 0.354 e. The van der Waals surface area contributed by atoms with Crippen LogP contribution in [0.15, 0.2) is 35.2 Å². The predicted octanol–water partition coefficient (Wildman–Crippen LogP) is 2.67. The average Bonchev–Trinajstić information content (AvgIpc) is 2.45. The summed E-state index contributed by atoms with van der Waals surface area (Å²) in [5, 5.41) is 6.26. The van der Waals surface area contributed by atoms with E-state index < -0.39 is 0 Å². The minimum atomic E-state index is -0.00595. The van der Waals surface area contributed by atoms with Crippen molar-refractivity contribution in [3.05, 3.63) is 30.3 Å². The van der Waals surface area contributed by atoms with Gasteiger partial charge in [0.25, 0.3) is 0 Å². The lowest BCUT2D eigenvalue weighted by molar-refractivity contribution is -0.120. The van der Waals surface area contributed by atoms with Crippen molar-refractivity contribution < 1.29 is 4.79 Å². The number of benzene rings is 1. The van der Waals surface area contributed by atoms with Crippen LogP contribution in [0.2, 0.25) is 0 Å². The van der Waals surface area contributed by atoms with Crippen molar-refractivity contribution >= 4 is 17.7 Å². The Labute approximate surface area is 120 Å². The summed E-state index contributed by atoms with van der Waals surface area (Å²) in [6, 6.07) is 10.1. The molecule has 0 aliphatic heterocycles. The first-order chi connectivity index (χ1) is 9.27. The van der Waals surface area contributed by atoms with Crippen molar-refractivity contribution in [2.24, 2.45) is 0 Å². The standard InChI is InChI=1S/C15H24N2OS/c1-3-10-16-11-12-17-15(18)14(4-2)19-13-8-6-5-7-9-13/h5-9,14,16H,3-4,10-12H2,1-2H3,(H,17,18). The third-order valence-corrected chi connectivity index (χ3v) is 4.09. The van der Waals surface area contributed by atoms with E-state index >= 15 is 0 Å². The number of hydrogen-bond donors (Lipinski definition) is 2. The smallest absolute Gasteiger partial charge is 0.233 e. The lowest BCUT2D eigenvalue weighted by Crippen LogP contribution is -2.37. The highest BCUT2D eigenvalue weighted by molar-refractivity contribution is 8.00. The van der Waals surface area contributed by atoms with Gasteiger partial charge in [-0.15, -0.1) is 11.8 Å². The van der Waals surface area contributed by atoms with E-state index in [2.05, 4.69) is 24.5 Å². The number of carbonyl (C=O) groups excluding carboxylic acids is 1. The van der Waals surface area contributed by atoms with E-state index in [0.29, 0.717) is 6.54 Å². The highest BCUT2D eigenvalue weighted by atomic mass is 32.2. The third-order valence-electron chi connectivity index (χ3n) is 2.71. The lowest BCUT2D eigenvalue weighted by atomic mass is 10.3. The molecule has 1 rings (SSSR count). The van der Waals surface area contributed by atoms with Crippen molar-refractivity contribution in [2.45, 2.75) is 36.8 Å². The van der Waals surface area contributed by atoms with E-state index in [0.717, 1.165) is 30.8 Å². The van der Waals surface area contributed by atoms with E-state index in [1.165, 1.54) is 0 Å². The molecule has 1 atom stereocenters. The highest BCUT2D eigenvalue weighted by Gasteiger charge is 2.16. The molecule has 1 amide bonds. The zero-order valence-electron chi connectivity index (χ0n) is 11.8. The topological polar surface area (TPSA) is 41.1 Å². The van der Waals surface area contributed by atoms with Crippen molar-refractivity contribution in [3.8, 4) is 0 Å². The van der Waals surface area contributed by atoms with Crippen LogP contribution < -0.4 is 10.6 Å². The average molecular weight is 280 g/mol. The number of thioether (sulfide) groups is 1. The van der Waals surface area contributed by atoms with Crippen LogP contribution >= 0.6 is 11.8 Å². The maximum absolute atomic E-state index is 12.1. The van der Waals surface area contributed by atoms with Crippen LogP contribution in [0.5, 0.6) is 0 Å². The Morgan fingerprint density at radius 1 is 1.16 bits per heavy atom. The van der Waals surface area contributed by atoms with Gasteiger partial charge in [0, 0.05) is 18.0 Å². The number of carbonyl (C=O) groups is 1. The Bertz CT molecular complexity index is 356. The number of amides is 1. The molecule has 0 fully saturated rings. The molecule has 1 aromatic carbocycles. The van der Waals surface area contributed by atoms with Gasteiger partial charge in [0.1, 0.15) is 0 Å². The summed E-state index contributed by atoms with van der Waals surface area (Å²) in [5.74, 6) is 0.134. The molecule has 0 spiro atoms. The zero-order valence-corrected chi connectivity index (χ0v) is 12.6. The third kappa shape index (κ3) is 6.64. The minimum Gasteiger partial charge on any atom is -0.354 e. The SMILES string of the molecule is CCCNCCNC(=O)C(CC)Sc1ccccc1. The molecule has 0 aliphatic carbocycles. The maximum atomic E-state index is 12.1. The van der Waals surface area contributed by atoms with Gasteiger partial charge in [-0.1, -0.05) is 32.0 Å². The summed E-state index contributed by atoms with van der Waals surface area (Å²) >= 11 is 1.63. The van der Waals surface area contributed by atoms with E-state index in [1.54, 1.807) is 11.8 Å². The second-order valence-electron chi connectivity index (χ2n) is 4.37. The van der Waals surface area contributed by atoms with Crippen molar-refractivity contribution in [2.75, 3.05) is 19.6 Å². The summed E-state index contributed by atoms with van der Waals surface area (Å²) in [6.45, 7) is 6.73. The summed E-state index contributed by atoms with van der Waals surface area (Å²) in [5.41, 5.74) is 0. The Kier molecular flexibility index (Phi) is 8.34. The normalized spacial score (nSPS) is 12.1. The molecule has 106 valence electrons. The highest BCUT2D eigenvalue weighted by Crippen LogP contribution is 2.24. The van der Waals surface area contributed by atoms with Gasteiger partial charge < -0.3 is 10.6 Å². The molecular weight excluding hydrogens is 256 g/mol. The molecule has 2 N–H and O–H groups in total. The fourth-order valence-corrected chi connectivity index (χ4v) is 2.68. The second kappa shape index (κ2) is 9.87. The predicted molar refractivity (Wildman–Crippen MR) is 82.5 cm³/mol. The molecule has 19 heavy (non-hydrogen) atoms. The molecule has 0 saturated heterocycles. The van der Waals surface area contributed by atoms with E-state index in [1.807, 2.05) is 30.3 Å². The molecule has 0 radical (unpaired) electrons. The minimum absolute atomic E-state index is 0.00595. The first-order valence-corrected chi connectivity index (χ1v) is 7.86. The van der Waals surface area contributed by atoms with Gasteiger partial charge >= 0.3 is 0 Å². The van der Waals surface area contributed by atoms with Crippen LogP contribution in [0.25, 0.3) is 0 Å². The number of rotatable bonds is 9. The van der Waals surface area contributed by atoms with Gasteiger partial charge in [0.15, 0.2) is 0 Å².